The van der Waals surface area contributed by atoms with Crippen molar-refractivity contribution in [1.29, 1.82) is 0 Å². The number of halogens is 1. The van der Waals surface area contributed by atoms with E-state index in [0.29, 0.717) is 65.7 Å². The first-order valence-corrected chi connectivity index (χ1v) is 16.0. The number of hydrogen-bond donors (Lipinski definition) is 2. The van der Waals surface area contributed by atoms with Crippen molar-refractivity contribution < 1.29 is 23.5 Å². The molecule has 10 nitrogen and oxygen atoms in total. The van der Waals surface area contributed by atoms with Gasteiger partial charge in [-0.25, -0.2) is 9.07 Å². The smallest absolute Gasteiger partial charge is 0.260 e. The van der Waals surface area contributed by atoms with Crippen LogP contribution in [0, 0.1) is 19.7 Å². The molecule has 4 aromatic rings. The lowest BCUT2D eigenvalue weighted by atomic mass is 9.94. The number of benzene rings is 3. The molecule has 2 N–H and O–H groups in total. The maximum atomic E-state index is 14.3. The van der Waals surface area contributed by atoms with Gasteiger partial charge in [0.1, 0.15) is 17.6 Å². The molecule has 2 aliphatic rings. The number of aryl methyl sites for hydroxylation is 1. The monoisotopic (exact) mass is 642 g/mol. The summed E-state index contributed by atoms with van der Waals surface area (Å²) in [6.45, 7) is 7.88. The number of amides is 2. The summed E-state index contributed by atoms with van der Waals surface area (Å²) in [6.07, 6.45) is 0. The molecule has 0 saturated carbocycles. The van der Waals surface area contributed by atoms with Crippen molar-refractivity contribution in [1.82, 2.24) is 19.7 Å². The molecule has 3 heterocycles. The minimum absolute atomic E-state index is 0.0784. The molecule has 1 aromatic heterocycles. The third-order valence-electron chi connectivity index (χ3n) is 8.17. The zero-order valence-electron chi connectivity index (χ0n) is 25.9. The van der Waals surface area contributed by atoms with Gasteiger partial charge in [0.15, 0.2) is 6.61 Å². The first kappa shape index (κ1) is 31.3. The van der Waals surface area contributed by atoms with Gasteiger partial charge in [-0.15, -0.1) is 5.10 Å². The maximum absolute atomic E-state index is 14.3. The van der Waals surface area contributed by atoms with E-state index in [0.717, 1.165) is 22.4 Å². The molecule has 1 atom stereocenters. The quantitative estimate of drug-likeness (QED) is 0.231. The van der Waals surface area contributed by atoms with Crippen LogP contribution in [0.1, 0.15) is 35.2 Å². The van der Waals surface area contributed by atoms with Crippen LogP contribution in [0.3, 0.4) is 0 Å². The Hall–Kier alpha value is -4.68. The number of thioether (sulfide) groups is 1. The first-order chi connectivity index (χ1) is 22.3. The number of nitrogens with zero attached hydrogens (tertiary/aromatic N) is 4. The van der Waals surface area contributed by atoms with E-state index in [1.54, 1.807) is 39.9 Å². The average molecular weight is 643 g/mol. The van der Waals surface area contributed by atoms with Gasteiger partial charge in [-0.1, -0.05) is 54.2 Å². The Labute approximate surface area is 271 Å². The number of morpholine rings is 1. The number of aromatic nitrogens is 3. The Morgan fingerprint density at radius 3 is 2.57 bits per heavy atom. The van der Waals surface area contributed by atoms with Crippen molar-refractivity contribution in [3.05, 3.63) is 106 Å². The number of hydrogen-bond acceptors (Lipinski definition) is 8. The summed E-state index contributed by atoms with van der Waals surface area (Å²) in [6, 6.07) is 19.1. The minimum atomic E-state index is -0.624. The number of anilines is 2. The summed E-state index contributed by atoms with van der Waals surface area (Å²) < 4.78 is 27.1. The number of allylic oxidation sites excluding steroid dienone is 1. The zero-order chi connectivity index (χ0) is 32.2. The molecule has 1 saturated heterocycles. The standard InChI is InChI=1S/C34H35FN6O4S/c1-21-7-6-10-28(22(21)2)37-32(43)30-23(3)36-33-38-34(46-20-25-8-4-5-9-27(25)35)39-41(33)31(30)24-11-13-26(14-12-24)45-19-29(42)40-15-17-44-18-16-40/h4-14,31H,15-20H2,1-3H3,(H,37,43)(H,36,38,39). The Morgan fingerprint density at radius 2 is 1.80 bits per heavy atom. The van der Waals surface area contributed by atoms with Gasteiger partial charge in [0.05, 0.1) is 18.8 Å². The van der Waals surface area contributed by atoms with E-state index in [1.165, 1.54) is 17.8 Å². The van der Waals surface area contributed by atoms with Crippen molar-refractivity contribution >= 4 is 35.2 Å². The van der Waals surface area contributed by atoms with Gasteiger partial charge < -0.3 is 25.0 Å². The zero-order valence-corrected chi connectivity index (χ0v) is 26.7. The highest BCUT2D eigenvalue weighted by atomic mass is 32.2. The van der Waals surface area contributed by atoms with Gasteiger partial charge in [0.25, 0.3) is 11.8 Å². The van der Waals surface area contributed by atoms with E-state index in [4.69, 9.17) is 14.6 Å². The van der Waals surface area contributed by atoms with Crippen LogP contribution in [0.5, 0.6) is 5.75 Å². The van der Waals surface area contributed by atoms with Crippen LogP contribution in [0.4, 0.5) is 16.0 Å². The summed E-state index contributed by atoms with van der Waals surface area (Å²) in [5, 5.41) is 11.6. The van der Waals surface area contributed by atoms with E-state index in [9.17, 15) is 14.0 Å². The fourth-order valence-corrected chi connectivity index (χ4v) is 6.24. The van der Waals surface area contributed by atoms with E-state index in [2.05, 4.69) is 15.6 Å². The molecule has 3 aromatic carbocycles. The number of carbonyl (C=O) groups excluding carboxylic acids is 2. The predicted octanol–water partition coefficient (Wildman–Crippen LogP) is 5.49. The summed E-state index contributed by atoms with van der Waals surface area (Å²) in [4.78, 5) is 33.0. The first-order valence-electron chi connectivity index (χ1n) is 15.0. The van der Waals surface area contributed by atoms with Crippen LogP contribution in [-0.4, -0.2) is 64.4 Å². The molecule has 12 heteroatoms. The van der Waals surface area contributed by atoms with Gasteiger partial charge >= 0.3 is 0 Å². The van der Waals surface area contributed by atoms with E-state index < -0.39 is 6.04 Å². The summed E-state index contributed by atoms with van der Waals surface area (Å²) >= 11 is 1.31. The Bertz CT molecular complexity index is 1780. The van der Waals surface area contributed by atoms with E-state index >= 15 is 0 Å². The van der Waals surface area contributed by atoms with E-state index in [-0.39, 0.29) is 24.2 Å². The van der Waals surface area contributed by atoms with Crippen molar-refractivity contribution in [2.24, 2.45) is 0 Å². The highest BCUT2D eigenvalue weighted by molar-refractivity contribution is 7.98. The fourth-order valence-electron chi connectivity index (χ4n) is 5.42. The lowest BCUT2D eigenvalue weighted by Crippen LogP contribution is -2.42. The molecule has 0 bridgehead atoms. The van der Waals surface area contributed by atoms with Crippen molar-refractivity contribution in [2.45, 2.75) is 37.7 Å². The van der Waals surface area contributed by atoms with Crippen LogP contribution in [0.15, 0.2) is 83.2 Å². The van der Waals surface area contributed by atoms with Crippen LogP contribution >= 0.6 is 11.8 Å². The average Bonchev–Trinajstić information content (AvgIpc) is 3.47. The fraction of sp³-hybridized carbons (Fsp3) is 0.294. The molecular weight excluding hydrogens is 607 g/mol. The Balaban J connectivity index is 1.28. The number of ether oxygens (including phenoxy) is 2. The number of carbonyl (C=O) groups is 2. The van der Waals surface area contributed by atoms with Crippen LogP contribution in [-0.2, 0) is 20.1 Å². The van der Waals surface area contributed by atoms with Crippen molar-refractivity contribution in [3.8, 4) is 5.75 Å². The second-order valence-corrected chi connectivity index (χ2v) is 12.1. The molecule has 2 aliphatic heterocycles. The van der Waals surface area contributed by atoms with Crippen LogP contribution in [0.25, 0.3) is 0 Å². The topological polar surface area (TPSA) is 111 Å². The molecule has 1 unspecified atom stereocenters. The molecule has 1 fully saturated rings. The highest BCUT2D eigenvalue weighted by Gasteiger charge is 2.35. The second kappa shape index (κ2) is 13.8. The van der Waals surface area contributed by atoms with Gasteiger partial charge in [-0.3, -0.25) is 9.59 Å². The van der Waals surface area contributed by atoms with Gasteiger partial charge in [0, 0.05) is 30.2 Å². The number of rotatable bonds is 9. The van der Waals surface area contributed by atoms with Gasteiger partial charge in [0.2, 0.25) is 11.1 Å². The van der Waals surface area contributed by atoms with Gasteiger partial charge in [-0.05, 0) is 67.3 Å². The molecule has 0 radical (unpaired) electrons. The molecule has 238 valence electrons. The Morgan fingerprint density at radius 1 is 1.04 bits per heavy atom. The lowest BCUT2D eigenvalue weighted by Gasteiger charge is -2.29. The third kappa shape index (κ3) is 6.77. The van der Waals surface area contributed by atoms with Crippen molar-refractivity contribution in [3.63, 3.8) is 0 Å². The van der Waals surface area contributed by atoms with Gasteiger partial charge in [-0.2, -0.15) is 4.98 Å². The lowest BCUT2D eigenvalue weighted by molar-refractivity contribution is -0.137. The predicted molar refractivity (Wildman–Crippen MR) is 174 cm³/mol. The largest absolute Gasteiger partial charge is 0.484 e. The van der Waals surface area contributed by atoms with Crippen LogP contribution < -0.4 is 15.4 Å². The molecule has 46 heavy (non-hydrogen) atoms. The normalized spacial score (nSPS) is 16.1. The SMILES string of the molecule is CC1=C(C(=O)Nc2cccc(C)c2C)C(c2ccc(OCC(=O)N3CCOCC3)cc2)n2nc(SCc3ccccc3F)nc2N1. The van der Waals surface area contributed by atoms with E-state index in [1.807, 2.05) is 51.1 Å². The number of fused-ring (bicyclic) bond motifs is 1. The molecule has 0 spiro atoms. The maximum Gasteiger partial charge on any atom is 0.260 e. The second-order valence-electron chi connectivity index (χ2n) is 11.2. The molecule has 0 aliphatic carbocycles. The molecule has 6 rings (SSSR count). The molecule has 2 amide bonds. The summed E-state index contributed by atoms with van der Waals surface area (Å²) in [5.41, 5.74) is 5.21. The van der Waals surface area contributed by atoms with Crippen molar-refractivity contribution in [2.75, 3.05) is 43.5 Å². The summed E-state index contributed by atoms with van der Waals surface area (Å²) in [7, 11) is 0. The summed E-state index contributed by atoms with van der Waals surface area (Å²) in [5.74, 6) is 0.693. The van der Waals surface area contributed by atoms with Crippen LogP contribution in [0.2, 0.25) is 0 Å². The minimum Gasteiger partial charge on any atom is -0.484 e. The number of nitrogens with one attached hydrogen (secondary N) is 2. The molecular formula is C34H35FN6O4S. The highest BCUT2D eigenvalue weighted by Crippen LogP contribution is 2.38. The third-order valence-corrected chi connectivity index (χ3v) is 9.05. The Kier molecular flexibility index (Phi) is 9.36.